The van der Waals surface area contributed by atoms with Gasteiger partial charge in [0.2, 0.25) is 0 Å². The maximum absolute atomic E-state index is 12.8. The Hall–Kier alpha value is -1.28. The van der Waals surface area contributed by atoms with Crippen molar-refractivity contribution in [1.82, 2.24) is 4.90 Å². The molecule has 0 saturated carbocycles. The van der Waals surface area contributed by atoms with Gasteiger partial charge in [-0.3, -0.25) is 9.69 Å². The minimum atomic E-state index is -0.124. The molecule has 162 valence electrons. The van der Waals surface area contributed by atoms with Crippen LogP contribution in [-0.4, -0.2) is 34.4 Å². The molecule has 0 N–H and O–H groups in total. The summed E-state index contributed by atoms with van der Waals surface area (Å²) in [4.78, 5) is 15.0. The summed E-state index contributed by atoms with van der Waals surface area (Å²) in [6.07, 6.45) is 3.75. The fourth-order valence-electron chi connectivity index (χ4n) is 3.34. The lowest BCUT2D eigenvalue weighted by atomic mass is 10.2. The Labute approximate surface area is 205 Å². The predicted octanol–water partition coefficient (Wildman–Crippen LogP) is 6.61. The van der Waals surface area contributed by atoms with E-state index in [1.807, 2.05) is 12.1 Å². The molecule has 0 aromatic heterocycles. The molecule has 31 heavy (non-hydrogen) atoms. The van der Waals surface area contributed by atoms with Crippen molar-refractivity contribution in [2.45, 2.75) is 25.6 Å². The number of halogens is 3. The Bertz CT molecular complexity index is 1010. The summed E-state index contributed by atoms with van der Waals surface area (Å²) in [6.45, 7) is 1.53. The number of carbonyl (C=O) groups is 1. The van der Waals surface area contributed by atoms with E-state index in [2.05, 4.69) is 0 Å². The van der Waals surface area contributed by atoms with Crippen molar-refractivity contribution in [3.05, 3.63) is 67.5 Å². The zero-order valence-electron chi connectivity index (χ0n) is 16.3. The quantitative estimate of drug-likeness (QED) is 0.320. The predicted molar refractivity (Wildman–Crippen MR) is 131 cm³/mol. The molecule has 9 heteroatoms. The lowest BCUT2D eigenvalue weighted by Gasteiger charge is -2.18. The van der Waals surface area contributed by atoms with Gasteiger partial charge >= 0.3 is 0 Å². The van der Waals surface area contributed by atoms with Crippen LogP contribution in [0.4, 0.5) is 0 Å². The van der Waals surface area contributed by atoms with E-state index in [1.165, 1.54) is 11.8 Å². The molecule has 1 amide bonds. The van der Waals surface area contributed by atoms with Crippen molar-refractivity contribution in [1.29, 1.82) is 0 Å². The highest BCUT2D eigenvalue weighted by molar-refractivity contribution is 8.26. The van der Waals surface area contributed by atoms with E-state index in [1.54, 1.807) is 35.2 Å². The SMILES string of the molecule is O=C1/C(=C/c2cc(Cl)c(OCc3ccc(Cl)cc3)c(Cl)c2)SC(=S)N1C[C@H]1CCCO1. The van der Waals surface area contributed by atoms with Crippen molar-refractivity contribution in [3.8, 4) is 5.75 Å². The second kappa shape index (κ2) is 10.1. The molecular weight excluding hydrogens is 497 g/mol. The van der Waals surface area contributed by atoms with E-state index in [4.69, 9.17) is 56.5 Å². The first-order valence-electron chi connectivity index (χ1n) is 9.64. The van der Waals surface area contributed by atoms with Crippen LogP contribution in [0.2, 0.25) is 15.1 Å². The molecule has 2 heterocycles. The van der Waals surface area contributed by atoms with Crippen molar-refractivity contribution < 1.29 is 14.3 Å². The summed E-state index contributed by atoms with van der Waals surface area (Å²) in [7, 11) is 0. The van der Waals surface area contributed by atoms with Gasteiger partial charge < -0.3 is 9.47 Å². The Morgan fingerprint density at radius 3 is 2.55 bits per heavy atom. The Morgan fingerprint density at radius 1 is 1.19 bits per heavy atom. The number of amides is 1. The minimum absolute atomic E-state index is 0.0443. The zero-order valence-corrected chi connectivity index (χ0v) is 20.2. The summed E-state index contributed by atoms with van der Waals surface area (Å²) >= 11 is 25.4. The standard InChI is InChI=1S/C22H18Cl3NO3S2/c23-15-5-3-13(4-6-15)12-29-20-17(24)8-14(9-18(20)25)10-19-21(27)26(22(30)31-19)11-16-2-1-7-28-16/h3-6,8-10,16H,1-2,7,11-12H2/b19-10-/t16-/m1/s1. The molecule has 2 aliphatic rings. The number of nitrogens with zero attached hydrogens (tertiary/aromatic N) is 1. The number of hydrogen-bond acceptors (Lipinski definition) is 5. The average Bonchev–Trinajstić information content (AvgIpc) is 3.33. The Kier molecular flexibility index (Phi) is 7.47. The van der Waals surface area contributed by atoms with Gasteiger partial charge in [-0.05, 0) is 54.3 Å². The van der Waals surface area contributed by atoms with E-state index in [9.17, 15) is 4.79 Å². The molecule has 4 rings (SSSR count). The van der Waals surface area contributed by atoms with Crippen LogP contribution >= 0.6 is 58.8 Å². The fourth-order valence-corrected chi connectivity index (χ4v) is 5.35. The third kappa shape index (κ3) is 5.56. The summed E-state index contributed by atoms with van der Waals surface area (Å²) in [5, 5.41) is 1.38. The molecule has 2 aliphatic heterocycles. The first kappa shape index (κ1) is 22.9. The molecule has 0 bridgehead atoms. The smallest absolute Gasteiger partial charge is 0.266 e. The number of thiocarbonyl (C=S) groups is 1. The third-order valence-electron chi connectivity index (χ3n) is 4.90. The third-order valence-corrected chi connectivity index (χ3v) is 7.09. The van der Waals surface area contributed by atoms with Gasteiger partial charge in [0.1, 0.15) is 10.9 Å². The fraction of sp³-hybridized carbons (Fsp3) is 0.273. The summed E-state index contributed by atoms with van der Waals surface area (Å²) < 4.78 is 12.0. The number of thioether (sulfide) groups is 1. The maximum Gasteiger partial charge on any atom is 0.266 e. The van der Waals surface area contributed by atoms with Crippen LogP contribution in [0.5, 0.6) is 5.75 Å². The van der Waals surface area contributed by atoms with Crippen LogP contribution in [0.15, 0.2) is 41.3 Å². The van der Waals surface area contributed by atoms with Crippen molar-refractivity contribution in [3.63, 3.8) is 0 Å². The van der Waals surface area contributed by atoms with Crippen LogP contribution in [0, 0.1) is 0 Å². The second-order valence-corrected chi connectivity index (χ2v) is 10.1. The monoisotopic (exact) mass is 513 g/mol. The normalized spacial score (nSPS) is 20.2. The number of ether oxygens (including phenoxy) is 2. The molecule has 2 aromatic carbocycles. The van der Waals surface area contributed by atoms with Crippen molar-refractivity contribution in [2.24, 2.45) is 0 Å². The van der Waals surface area contributed by atoms with Gasteiger partial charge in [0, 0.05) is 11.6 Å². The first-order chi connectivity index (χ1) is 14.9. The summed E-state index contributed by atoms with van der Waals surface area (Å²) in [5.74, 6) is 0.266. The molecule has 0 aliphatic carbocycles. The number of benzene rings is 2. The molecule has 2 aromatic rings. The van der Waals surface area contributed by atoms with E-state index in [0.717, 1.165) is 25.0 Å². The van der Waals surface area contributed by atoms with Gasteiger partial charge in [0.25, 0.3) is 5.91 Å². The van der Waals surface area contributed by atoms with Gasteiger partial charge in [0.15, 0.2) is 5.75 Å². The van der Waals surface area contributed by atoms with Gasteiger partial charge in [-0.1, -0.05) is 70.9 Å². The Balaban J connectivity index is 1.47. The summed E-state index contributed by atoms with van der Waals surface area (Å²) in [5.41, 5.74) is 1.64. The van der Waals surface area contributed by atoms with Crippen molar-refractivity contribution >= 4 is 75.1 Å². The van der Waals surface area contributed by atoms with Gasteiger partial charge in [-0.2, -0.15) is 0 Å². The first-order valence-corrected chi connectivity index (χ1v) is 12.0. The summed E-state index contributed by atoms with van der Waals surface area (Å²) in [6, 6.07) is 10.8. The number of rotatable bonds is 6. The molecule has 0 radical (unpaired) electrons. The molecule has 2 fully saturated rings. The van der Waals surface area contributed by atoms with Crippen molar-refractivity contribution in [2.75, 3.05) is 13.2 Å². The largest absolute Gasteiger partial charge is 0.486 e. The topological polar surface area (TPSA) is 38.8 Å². The van der Waals surface area contributed by atoms with E-state index < -0.39 is 0 Å². The van der Waals surface area contributed by atoms with E-state index in [0.29, 0.717) is 48.8 Å². The molecular formula is C22H18Cl3NO3S2. The minimum Gasteiger partial charge on any atom is -0.486 e. The van der Waals surface area contributed by atoms with E-state index in [-0.39, 0.29) is 12.0 Å². The van der Waals surface area contributed by atoms with Crippen LogP contribution in [0.3, 0.4) is 0 Å². The highest BCUT2D eigenvalue weighted by atomic mass is 35.5. The van der Waals surface area contributed by atoms with Crippen LogP contribution in [0.25, 0.3) is 6.08 Å². The second-order valence-electron chi connectivity index (χ2n) is 7.16. The highest BCUT2D eigenvalue weighted by Crippen LogP contribution is 2.38. The van der Waals surface area contributed by atoms with Gasteiger partial charge in [-0.25, -0.2) is 0 Å². The average molecular weight is 515 g/mol. The molecule has 2 saturated heterocycles. The van der Waals surface area contributed by atoms with E-state index >= 15 is 0 Å². The molecule has 0 unspecified atom stereocenters. The maximum atomic E-state index is 12.8. The molecule has 1 atom stereocenters. The van der Waals surface area contributed by atoms with Crippen LogP contribution in [-0.2, 0) is 16.1 Å². The van der Waals surface area contributed by atoms with Crippen LogP contribution in [0.1, 0.15) is 24.0 Å². The molecule has 0 spiro atoms. The van der Waals surface area contributed by atoms with Gasteiger partial charge in [-0.15, -0.1) is 0 Å². The number of hydrogen-bond donors (Lipinski definition) is 0. The zero-order chi connectivity index (χ0) is 22.0. The van der Waals surface area contributed by atoms with Crippen LogP contribution < -0.4 is 4.74 Å². The highest BCUT2D eigenvalue weighted by Gasteiger charge is 2.34. The lowest BCUT2D eigenvalue weighted by Crippen LogP contribution is -2.35. The molecule has 4 nitrogen and oxygen atoms in total. The Morgan fingerprint density at radius 2 is 1.90 bits per heavy atom. The lowest BCUT2D eigenvalue weighted by molar-refractivity contribution is -0.123. The van der Waals surface area contributed by atoms with Gasteiger partial charge in [0.05, 0.1) is 27.6 Å². The number of carbonyl (C=O) groups excluding carboxylic acids is 1.